The van der Waals surface area contributed by atoms with E-state index in [0.29, 0.717) is 29.8 Å². The highest BCUT2D eigenvalue weighted by molar-refractivity contribution is 7.99. The molecule has 2 aromatic carbocycles. The Hall–Kier alpha value is -2.98. The number of fused-ring (bicyclic) bond motifs is 1. The second-order valence-electron chi connectivity index (χ2n) is 7.73. The SMILES string of the molecule is O=C(O)c1ccc(-n2nnnc2SCC(O)N2CCc3cc(F)ccc32)c(C2CC2)c1. The Morgan fingerprint density at radius 3 is 2.81 bits per heavy atom. The summed E-state index contributed by atoms with van der Waals surface area (Å²) in [5.41, 5.74) is 3.66. The molecule has 31 heavy (non-hydrogen) atoms. The van der Waals surface area contributed by atoms with Crippen molar-refractivity contribution in [3.8, 4) is 5.69 Å². The Labute approximate surface area is 181 Å². The van der Waals surface area contributed by atoms with Crippen LogP contribution in [0.5, 0.6) is 0 Å². The number of nitrogens with zero attached hydrogens (tertiary/aromatic N) is 5. The minimum atomic E-state index is -0.964. The molecule has 8 nitrogen and oxygen atoms in total. The van der Waals surface area contributed by atoms with Gasteiger partial charge in [0.25, 0.3) is 0 Å². The van der Waals surface area contributed by atoms with E-state index in [9.17, 15) is 19.4 Å². The number of aliphatic hydroxyl groups excluding tert-OH is 1. The third-order valence-corrected chi connectivity index (χ3v) is 6.63. The van der Waals surface area contributed by atoms with Crippen molar-refractivity contribution in [1.82, 2.24) is 20.2 Å². The zero-order valence-electron chi connectivity index (χ0n) is 16.5. The molecule has 0 saturated heterocycles. The van der Waals surface area contributed by atoms with Gasteiger partial charge in [0.05, 0.1) is 11.3 Å². The van der Waals surface area contributed by atoms with Crippen molar-refractivity contribution in [3.63, 3.8) is 0 Å². The first-order chi connectivity index (χ1) is 15.0. The lowest BCUT2D eigenvalue weighted by atomic mass is 10.0. The highest BCUT2D eigenvalue weighted by Crippen LogP contribution is 2.43. The molecule has 0 radical (unpaired) electrons. The lowest BCUT2D eigenvalue weighted by Gasteiger charge is -2.25. The van der Waals surface area contributed by atoms with Gasteiger partial charge in [0, 0.05) is 18.0 Å². The fraction of sp³-hybridized carbons (Fsp3) is 0.333. The second kappa shape index (κ2) is 7.93. The minimum absolute atomic E-state index is 0.243. The van der Waals surface area contributed by atoms with Gasteiger partial charge in [-0.15, -0.1) is 5.10 Å². The van der Waals surface area contributed by atoms with Gasteiger partial charge in [0.1, 0.15) is 12.0 Å². The Kier molecular flexibility index (Phi) is 5.11. The summed E-state index contributed by atoms with van der Waals surface area (Å²) in [5.74, 6) is -0.607. The Morgan fingerprint density at radius 1 is 1.23 bits per heavy atom. The van der Waals surface area contributed by atoms with E-state index in [2.05, 4.69) is 15.5 Å². The van der Waals surface area contributed by atoms with Gasteiger partial charge in [-0.25, -0.2) is 9.18 Å². The van der Waals surface area contributed by atoms with Gasteiger partial charge in [-0.3, -0.25) is 0 Å². The van der Waals surface area contributed by atoms with E-state index in [0.717, 1.165) is 35.3 Å². The lowest BCUT2D eigenvalue weighted by molar-refractivity contribution is 0.0696. The number of carboxylic acid groups (broad SMARTS) is 1. The lowest BCUT2D eigenvalue weighted by Crippen LogP contribution is -2.35. The molecule has 1 fully saturated rings. The molecule has 0 amide bonds. The molecule has 1 aromatic heterocycles. The van der Waals surface area contributed by atoms with Crippen LogP contribution < -0.4 is 4.90 Å². The molecule has 1 atom stereocenters. The number of carboxylic acids is 1. The first-order valence-corrected chi connectivity index (χ1v) is 11.0. The molecule has 1 aliphatic heterocycles. The van der Waals surface area contributed by atoms with Gasteiger partial charge in [-0.1, -0.05) is 11.8 Å². The number of rotatable bonds is 7. The largest absolute Gasteiger partial charge is 0.478 e. The third kappa shape index (κ3) is 3.88. The molecule has 10 heteroatoms. The minimum Gasteiger partial charge on any atom is -0.478 e. The molecular weight excluding hydrogens is 421 g/mol. The smallest absolute Gasteiger partial charge is 0.335 e. The third-order valence-electron chi connectivity index (χ3n) is 5.66. The molecule has 2 N–H and O–H groups in total. The van der Waals surface area contributed by atoms with Crippen LogP contribution in [-0.4, -0.2) is 54.9 Å². The maximum Gasteiger partial charge on any atom is 0.335 e. The zero-order valence-corrected chi connectivity index (χ0v) is 17.3. The molecule has 5 rings (SSSR count). The first-order valence-electron chi connectivity index (χ1n) is 10.0. The van der Waals surface area contributed by atoms with E-state index in [4.69, 9.17) is 0 Å². The highest BCUT2D eigenvalue weighted by atomic mass is 32.2. The van der Waals surface area contributed by atoms with Crippen LogP contribution >= 0.6 is 11.8 Å². The van der Waals surface area contributed by atoms with Gasteiger partial charge >= 0.3 is 5.97 Å². The molecule has 3 aromatic rings. The summed E-state index contributed by atoms with van der Waals surface area (Å²) in [4.78, 5) is 13.2. The van der Waals surface area contributed by atoms with Crippen molar-refractivity contribution in [3.05, 3.63) is 58.9 Å². The highest BCUT2D eigenvalue weighted by Gasteiger charge is 2.30. The fourth-order valence-corrected chi connectivity index (χ4v) is 4.80. The quantitative estimate of drug-likeness (QED) is 0.540. The van der Waals surface area contributed by atoms with Gasteiger partial charge < -0.3 is 15.1 Å². The van der Waals surface area contributed by atoms with Crippen LogP contribution in [0.4, 0.5) is 10.1 Å². The Morgan fingerprint density at radius 2 is 2.03 bits per heavy atom. The number of halogens is 1. The molecule has 2 heterocycles. The first kappa shape index (κ1) is 20.0. The second-order valence-corrected chi connectivity index (χ2v) is 8.72. The normalized spacial score (nSPS) is 16.4. The van der Waals surface area contributed by atoms with Gasteiger partial charge in [0.2, 0.25) is 5.16 Å². The molecule has 1 saturated carbocycles. The van der Waals surface area contributed by atoms with Gasteiger partial charge in [-0.2, -0.15) is 4.68 Å². The van der Waals surface area contributed by atoms with E-state index in [1.807, 2.05) is 4.90 Å². The number of benzene rings is 2. The van der Waals surface area contributed by atoms with E-state index in [1.165, 1.54) is 23.9 Å². The van der Waals surface area contributed by atoms with Crippen LogP contribution in [0.15, 0.2) is 41.6 Å². The molecular formula is C21H20FN5O3S. The Bertz CT molecular complexity index is 1150. The number of tetrazole rings is 1. The van der Waals surface area contributed by atoms with Crippen molar-refractivity contribution in [2.75, 3.05) is 17.2 Å². The van der Waals surface area contributed by atoms with Crippen LogP contribution in [0.2, 0.25) is 0 Å². The number of hydrogen-bond acceptors (Lipinski definition) is 7. The number of aliphatic hydroxyl groups is 1. The number of aromatic carboxylic acids is 1. The number of carbonyl (C=O) groups is 1. The number of hydrogen-bond donors (Lipinski definition) is 2. The summed E-state index contributed by atoms with van der Waals surface area (Å²) in [6, 6.07) is 9.59. The molecule has 1 aliphatic carbocycles. The van der Waals surface area contributed by atoms with Crippen LogP contribution in [0.3, 0.4) is 0 Å². The summed E-state index contributed by atoms with van der Waals surface area (Å²) in [5, 5.41) is 32.6. The maximum absolute atomic E-state index is 13.4. The molecule has 1 unspecified atom stereocenters. The summed E-state index contributed by atoms with van der Waals surface area (Å²) in [6.45, 7) is 0.619. The van der Waals surface area contributed by atoms with E-state index in [1.54, 1.807) is 28.9 Å². The summed E-state index contributed by atoms with van der Waals surface area (Å²) in [6.07, 6.45) is 1.93. The summed E-state index contributed by atoms with van der Waals surface area (Å²) < 4.78 is 15.1. The maximum atomic E-state index is 13.4. The van der Waals surface area contributed by atoms with Crippen molar-refractivity contribution in [1.29, 1.82) is 0 Å². The monoisotopic (exact) mass is 441 g/mol. The molecule has 2 aliphatic rings. The van der Waals surface area contributed by atoms with E-state index in [-0.39, 0.29) is 11.4 Å². The number of anilines is 1. The van der Waals surface area contributed by atoms with Crippen LogP contribution in [-0.2, 0) is 6.42 Å². The predicted octanol–water partition coefficient (Wildman–Crippen LogP) is 2.85. The van der Waals surface area contributed by atoms with Crippen LogP contribution in [0, 0.1) is 5.82 Å². The standard InChI is InChI=1S/C21H20FN5O3S/c22-15-4-6-17-13(9-15)7-8-26(17)19(28)11-31-21-23-24-25-27(21)18-5-3-14(20(29)30)10-16(18)12-1-2-12/h3-6,9-10,12,19,28H,1-2,7-8,11H2,(H,29,30). The van der Waals surface area contributed by atoms with Crippen molar-refractivity contribution in [2.24, 2.45) is 0 Å². The molecule has 0 bridgehead atoms. The fourth-order valence-electron chi connectivity index (χ4n) is 3.97. The number of aromatic nitrogens is 4. The van der Waals surface area contributed by atoms with Crippen molar-refractivity contribution in [2.45, 2.75) is 36.6 Å². The average molecular weight is 441 g/mol. The topological polar surface area (TPSA) is 104 Å². The number of thioether (sulfide) groups is 1. The van der Waals surface area contributed by atoms with Gasteiger partial charge in [-0.05, 0) is 83.1 Å². The predicted molar refractivity (Wildman–Crippen MR) is 112 cm³/mol. The summed E-state index contributed by atoms with van der Waals surface area (Å²) >= 11 is 1.32. The van der Waals surface area contributed by atoms with Crippen LogP contribution in [0.1, 0.15) is 40.2 Å². The van der Waals surface area contributed by atoms with E-state index >= 15 is 0 Å². The summed E-state index contributed by atoms with van der Waals surface area (Å²) in [7, 11) is 0. The Balaban J connectivity index is 1.35. The zero-order chi connectivity index (χ0) is 21.5. The van der Waals surface area contributed by atoms with Crippen molar-refractivity contribution < 1.29 is 19.4 Å². The molecule has 160 valence electrons. The van der Waals surface area contributed by atoms with Crippen molar-refractivity contribution >= 4 is 23.4 Å². The molecule has 0 spiro atoms. The average Bonchev–Trinajstić information content (AvgIpc) is 3.36. The van der Waals surface area contributed by atoms with Gasteiger partial charge in [0.15, 0.2) is 0 Å². The van der Waals surface area contributed by atoms with Crippen LogP contribution in [0.25, 0.3) is 5.69 Å². The van der Waals surface area contributed by atoms with E-state index < -0.39 is 12.2 Å².